The minimum absolute atomic E-state index is 0.00150. The first-order chi connectivity index (χ1) is 21.9. The number of aromatic hydroxyl groups is 1. The van der Waals surface area contributed by atoms with Crippen molar-refractivity contribution in [3.63, 3.8) is 0 Å². The number of halogens is 2. The van der Waals surface area contributed by atoms with Gasteiger partial charge in [-0.05, 0) is 101 Å². The Kier molecular flexibility index (Phi) is 8.23. The molecule has 5 heterocycles. The number of phenolic OH excluding ortho intramolecular Hbond substituents is 1. The molecule has 7 rings (SSSR count). The van der Waals surface area contributed by atoms with Crippen molar-refractivity contribution in [2.24, 2.45) is 5.92 Å². The van der Waals surface area contributed by atoms with E-state index in [1.165, 1.54) is 0 Å². The van der Waals surface area contributed by atoms with Crippen LogP contribution in [0.3, 0.4) is 0 Å². The summed E-state index contributed by atoms with van der Waals surface area (Å²) in [5, 5.41) is 11.0. The Morgan fingerprint density at radius 3 is 2.57 bits per heavy atom. The zero-order valence-electron chi connectivity index (χ0n) is 27.3. The van der Waals surface area contributed by atoms with Gasteiger partial charge in [-0.25, -0.2) is 9.18 Å². The molecule has 6 atom stereocenters. The smallest absolute Gasteiger partial charge is 0.410 e. The number of fused-ring (bicyclic) bond motifs is 3. The van der Waals surface area contributed by atoms with Crippen LogP contribution in [0.1, 0.15) is 89.1 Å². The summed E-state index contributed by atoms with van der Waals surface area (Å²) in [6.45, 7) is 10.7. The predicted molar refractivity (Wildman–Crippen MR) is 173 cm³/mol. The lowest BCUT2D eigenvalue weighted by atomic mass is 9.95. The summed E-state index contributed by atoms with van der Waals surface area (Å²) < 4.78 is 26.5. The van der Waals surface area contributed by atoms with E-state index in [1.807, 2.05) is 25.7 Å². The van der Waals surface area contributed by atoms with E-state index >= 15 is 0 Å². The standard InChI is InChI=1S/C34H46ClFN6O4/c1-20-12-26(20)29-21(13-25(43)14-27(29)35)6-9-28-37-30(39-31(38-28)45-19-34-10-5-11-41(34)16-22(36)15-34)40-17-23-7-8-24(18-40)42(23)32(44)46-33(2,3)4/h13-14,20,22-24,26,43H,5-12,15-19H2,1-4H3/t20-,22-,23-,24+,26-,34+/m1/s1. The van der Waals surface area contributed by atoms with Gasteiger partial charge in [0.15, 0.2) is 0 Å². The van der Waals surface area contributed by atoms with Gasteiger partial charge in [0.05, 0.1) is 17.6 Å². The molecular weight excluding hydrogens is 611 g/mol. The lowest BCUT2D eigenvalue weighted by molar-refractivity contribution is 0.0122. The van der Waals surface area contributed by atoms with Gasteiger partial charge in [-0.2, -0.15) is 15.0 Å². The van der Waals surface area contributed by atoms with Crippen molar-refractivity contribution in [2.75, 3.05) is 37.7 Å². The summed E-state index contributed by atoms with van der Waals surface area (Å²) in [7, 11) is 0. The number of anilines is 1. The Bertz CT molecular complexity index is 1480. The lowest BCUT2D eigenvalue weighted by Gasteiger charge is -2.41. The fourth-order valence-electron chi connectivity index (χ4n) is 8.28. The third kappa shape index (κ3) is 6.33. The van der Waals surface area contributed by atoms with Crippen LogP contribution in [0.5, 0.6) is 11.8 Å². The molecule has 2 bridgehead atoms. The van der Waals surface area contributed by atoms with Crippen LogP contribution in [-0.2, 0) is 17.6 Å². The van der Waals surface area contributed by atoms with Gasteiger partial charge in [-0.1, -0.05) is 18.5 Å². The first-order valence-electron chi connectivity index (χ1n) is 16.9. The predicted octanol–water partition coefficient (Wildman–Crippen LogP) is 5.68. The number of hydrogen-bond donors (Lipinski definition) is 1. The summed E-state index contributed by atoms with van der Waals surface area (Å²) in [4.78, 5) is 33.8. The topological polar surface area (TPSA) is 104 Å². The Balaban J connectivity index is 1.14. The van der Waals surface area contributed by atoms with Crippen LogP contribution < -0.4 is 9.64 Å². The largest absolute Gasteiger partial charge is 0.508 e. The monoisotopic (exact) mass is 656 g/mol. The molecule has 5 fully saturated rings. The molecule has 1 N–H and O–H groups in total. The second kappa shape index (κ2) is 12.0. The van der Waals surface area contributed by atoms with Gasteiger partial charge < -0.3 is 19.5 Å². The van der Waals surface area contributed by atoms with Gasteiger partial charge in [0.2, 0.25) is 5.95 Å². The third-order valence-electron chi connectivity index (χ3n) is 10.5. The minimum Gasteiger partial charge on any atom is -0.508 e. The molecule has 12 heteroatoms. The van der Waals surface area contributed by atoms with E-state index in [0.717, 1.165) is 49.8 Å². The maximum Gasteiger partial charge on any atom is 0.410 e. The van der Waals surface area contributed by atoms with Crippen molar-refractivity contribution >= 4 is 23.6 Å². The summed E-state index contributed by atoms with van der Waals surface area (Å²) in [5.41, 5.74) is 1.23. The summed E-state index contributed by atoms with van der Waals surface area (Å²) >= 11 is 6.63. The number of aromatic nitrogens is 3. The number of alkyl halides is 1. The van der Waals surface area contributed by atoms with Crippen LogP contribution in [0.4, 0.5) is 15.1 Å². The highest BCUT2D eigenvalue weighted by molar-refractivity contribution is 6.31. The molecule has 1 aromatic carbocycles. The van der Waals surface area contributed by atoms with Crippen LogP contribution in [0.15, 0.2) is 12.1 Å². The number of benzene rings is 1. The van der Waals surface area contributed by atoms with E-state index in [1.54, 1.807) is 12.1 Å². The third-order valence-corrected chi connectivity index (χ3v) is 10.9. The number of piperazine rings is 1. The fraction of sp³-hybridized carbons (Fsp3) is 0.706. The molecule has 1 aliphatic carbocycles. The number of rotatable bonds is 8. The van der Waals surface area contributed by atoms with Crippen LogP contribution in [0.25, 0.3) is 0 Å². The molecule has 4 saturated heterocycles. The molecule has 2 aromatic rings. The Morgan fingerprint density at radius 2 is 1.87 bits per heavy atom. The number of carbonyl (C=O) groups is 1. The first kappa shape index (κ1) is 31.7. The van der Waals surface area contributed by atoms with Gasteiger partial charge in [0.1, 0.15) is 30.0 Å². The number of aryl methyl sites for hydroxylation is 2. The molecule has 0 radical (unpaired) electrons. The number of hydrogen-bond acceptors (Lipinski definition) is 9. The van der Waals surface area contributed by atoms with Crippen molar-refractivity contribution in [3.05, 3.63) is 34.1 Å². The van der Waals surface area contributed by atoms with Crippen LogP contribution in [0, 0.1) is 5.92 Å². The second-order valence-corrected chi connectivity index (χ2v) is 15.6. The molecule has 0 unspecified atom stereocenters. The average Bonchev–Trinajstić information content (AvgIpc) is 3.28. The quantitative estimate of drug-likeness (QED) is 0.384. The highest BCUT2D eigenvalue weighted by Crippen LogP contribution is 2.51. The molecule has 5 aliphatic rings. The molecule has 1 aromatic heterocycles. The number of amides is 1. The zero-order valence-corrected chi connectivity index (χ0v) is 28.1. The van der Waals surface area contributed by atoms with Crippen molar-refractivity contribution in [2.45, 2.75) is 114 Å². The van der Waals surface area contributed by atoms with E-state index in [0.29, 0.717) is 74.1 Å². The molecule has 0 spiro atoms. The summed E-state index contributed by atoms with van der Waals surface area (Å²) in [6, 6.07) is 3.68. The number of phenols is 1. The first-order valence-corrected chi connectivity index (χ1v) is 17.3. The van der Waals surface area contributed by atoms with E-state index < -0.39 is 11.8 Å². The van der Waals surface area contributed by atoms with Crippen molar-refractivity contribution < 1.29 is 23.8 Å². The molecule has 1 amide bonds. The molecule has 1 saturated carbocycles. The van der Waals surface area contributed by atoms with Crippen LogP contribution >= 0.6 is 11.6 Å². The lowest BCUT2D eigenvalue weighted by Crippen LogP contribution is -2.57. The molecule has 250 valence electrons. The summed E-state index contributed by atoms with van der Waals surface area (Å²) in [5.74, 6) is 2.23. The van der Waals surface area contributed by atoms with E-state index in [-0.39, 0.29) is 35.5 Å². The van der Waals surface area contributed by atoms with Gasteiger partial charge in [-0.3, -0.25) is 9.80 Å². The van der Waals surface area contributed by atoms with Crippen LogP contribution in [0.2, 0.25) is 5.02 Å². The van der Waals surface area contributed by atoms with Gasteiger partial charge >= 0.3 is 12.1 Å². The number of carbonyl (C=O) groups excluding carboxylic acids is 1. The Labute approximate surface area is 275 Å². The Morgan fingerprint density at radius 1 is 1.13 bits per heavy atom. The van der Waals surface area contributed by atoms with Crippen molar-refractivity contribution in [1.82, 2.24) is 24.8 Å². The van der Waals surface area contributed by atoms with Crippen molar-refractivity contribution in [1.29, 1.82) is 0 Å². The number of ether oxygens (including phenoxy) is 2. The molecule has 10 nitrogen and oxygen atoms in total. The van der Waals surface area contributed by atoms with Gasteiger partial charge in [0, 0.05) is 37.5 Å². The maximum absolute atomic E-state index is 14.5. The zero-order chi connectivity index (χ0) is 32.4. The molecular formula is C34H46ClFN6O4. The van der Waals surface area contributed by atoms with E-state index in [2.05, 4.69) is 16.7 Å². The van der Waals surface area contributed by atoms with Gasteiger partial charge in [-0.15, -0.1) is 0 Å². The van der Waals surface area contributed by atoms with E-state index in [9.17, 15) is 14.3 Å². The average molecular weight is 657 g/mol. The Hall–Kier alpha value is -2.92. The van der Waals surface area contributed by atoms with Gasteiger partial charge in [0.25, 0.3) is 0 Å². The highest BCUT2D eigenvalue weighted by atomic mass is 35.5. The SMILES string of the molecule is C[C@@H]1C[C@H]1c1c(Cl)cc(O)cc1CCc1nc(OC[C@@]23CCCN2C[C@H](F)C3)nc(N2C[C@H]3CC[C@@H](C2)N3C(=O)OC(C)(C)C)n1. The highest BCUT2D eigenvalue weighted by Gasteiger charge is 2.50. The maximum atomic E-state index is 14.5. The molecule has 46 heavy (non-hydrogen) atoms. The molecule has 4 aliphatic heterocycles. The fourth-order valence-corrected chi connectivity index (χ4v) is 8.66. The van der Waals surface area contributed by atoms with Crippen LogP contribution in [-0.4, -0.2) is 98.1 Å². The minimum atomic E-state index is -0.845. The van der Waals surface area contributed by atoms with E-state index in [4.69, 9.17) is 36.0 Å². The second-order valence-electron chi connectivity index (χ2n) is 15.2. The normalized spacial score (nSPS) is 30.5. The summed E-state index contributed by atoms with van der Waals surface area (Å²) in [6.07, 6.45) is 5.27. The van der Waals surface area contributed by atoms with Crippen molar-refractivity contribution in [3.8, 4) is 11.8 Å². The number of nitrogens with zero attached hydrogens (tertiary/aromatic N) is 6.